The summed E-state index contributed by atoms with van der Waals surface area (Å²) < 4.78 is 17.2. The van der Waals surface area contributed by atoms with E-state index in [0.29, 0.717) is 13.2 Å². The lowest BCUT2D eigenvalue weighted by Gasteiger charge is -2.18. The van der Waals surface area contributed by atoms with Gasteiger partial charge in [-0.1, -0.05) is 206 Å². The molecule has 0 rings (SSSR count). The zero-order valence-electron chi connectivity index (χ0n) is 31.2. The quantitative estimate of drug-likeness (QED) is 0.0496. The molecule has 0 amide bonds. The Morgan fingerprint density at radius 3 is 1.00 bits per heavy atom. The summed E-state index contributed by atoms with van der Waals surface area (Å²) in [4.78, 5) is 11.3. The standard InChI is InChI=1S/C41H82O4/c1-4-6-8-10-12-14-16-18-20-22-24-26-28-30-32-34-36-43-38-41(39-45-40(3)42)44-37-35-33-31-29-27-25-23-21-19-17-15-13-11-9-7-5-2/h41H,4-39H2,1-3H3. The van der Waals surface area contributed by atoms with Crippen LogP contribution >= 0.6 is 0 Å². The average molecular weight is 639 g/mol. The van der Waals surface area contributed by atoms with E-state index in [4.69, 9.17) is 14.2 Å². The predicted molar refractivity (Wildman–Crippen MR) is 196 cm³/mol. The monoisotopic (exact) mass is 639 g/mol. The van der Waals surface area contributed by atoms with Gasteiger partial charge >= 0.3 is 5.97 Å². The molecule has 0 saturated carbocycles. The summed E-state index contributed by atoms with van der Waals surface area (Å²) in [6.07, 6.45) is 43.9. The molecule has 45 heavy (non-hydrogen) atoms. The van der Waals surface area contributed by atoms with E-state index in [2.05, 4.69) is 13.8 Å². The molecule has 0 heterocycles. The van der Waals surface area contributed by atoms with Gasteiger partial charge in [0.25, 0.3) is 0 Å². The molecule has 0 spiro atoms. The summed E-state index contributed by atoms with van der Waals surface area (Å²) in [5.41, 5.74) is 0. The lowest BCUT2D eigenvalue weighted by molar-refractivity contribution is -0.147. The van der Waals surface area contributed by atoms with Crippen LogP contribution in [0.2, 0.25) is 0 Å². The van der Waals surface area contributed by atoms with Crippen molar-refractivity contribution in [3.8, 4) is 0 Å². The molecule has 0 radical (unpaired) electrons. The van der Waals surface area contributed by atoms with Gasteiger partial charge in [-0.3, -0.25) is 4.79 Å². The maximum atomic E-state index is 11.3. The Balaban J connectivity index is 3.52. The molecule has 1 unspecified atom stereocenters. The normalized spacial score (nSPS) is 12.2. The van der Waals surface area contributed by atoms with Crippen LogP contribution in [0.4, 0.5) is 0 Å². The maximum absolute atomic E-state index is 11.3. The molecule has 1 atom stereocenters. The molecular weight excluding hydrogens is 556 g/mol. The topological polar surface area (TPSA) is 44.8 Å². The summed E-state index contributed by atoms with van der Waals surface area (Å²) in [7, 11) is 0. The minimum atomic E-state index is -0.246. The van der Waals surface area contributed by atoms with E-state index in [0.717, 1.165) is 26.1 Å². The molecule has 0 aromatic heterocycles. The minimum absolute atomic E-state index is 0.147. The van der Waals surface area contributed by atoms with E-state index in [1.807, 2.05) is 0 Å². The summed E-state index contributed by atoms with van der Waals surface area (Å²) >= 11 is 0. The molecule has 0 N–H and O–H groups in total. The van der Waals surface area contributed by atoms with Gasteiger partial charge in [-0.15, -0.1) is 0 Å². The van der Waals surface area contributed by atoms with Crippen LogP contribution in [0, 0.1) is 0 Å². The van der Waals surface area contributed by atoms with Crippen molar-refractivity contribution in [2.75, 3.05) is 26.4 Å². The smallest absolute Gasteiger partial charge is 0.302 e. The van der Waals surface area contributed by atoms with Crippen LogP contribution in [-0.4, -0.2) is 38.5 Å². The van der Waals surface area contributed by atoms with Crippen LogP contribution in [0.1, 0.15) is 226 Å². The Kier molecular flexibility index (Phi) is 39.0. The lowest BCUT2D eigenvalue weighted by atomic mass is 10.0. The fourth-order valence-electron chi connectivity index (χ4n) is 6.22. The molecule has 4 nitrogen and oxygen atoms in total. The SMILES string of the molecule is CCCCCCCCCCCCCCCCCCOCC(COC(C)=O)OCCCCCCCCCCCCCCCCCC. The van der Waals surface area contributed by atoms with Crippen molar-refractivity contribution in [2.24, 2.45) is 0 Å². The van der Waals surface area contributed by atoms with E-state index < -0.39 is 0 Å². The fraction of sp³-hybridized carbons (Fsp3) is 0.976. The van der Waals surface area contributed by atoms with Gasteiger partial charge in [0.2, 0.25) is 0 Å². The lowest BCUT2D eigenvalue weighted by Crippen LogP contribution is -2.27. The molecule has 0 aromatic rings. The largest absolute Gasteiger partial charge is 0.463 e. The summed E-state index contributed by atoms with van der Waals surface area (Å²) in [5, 5.41) is 0. The van der Waals surface area contributed by atoms with Gasteiger partial charge in [0.15, 0.2) is 0 Å². The van der Waals surface area contributed by atoms with Crippen molar-refractivity contribution in [1.82, 2.24) is 0 Å². The number of hydrogen-bond donors (Lipinski definition) is 0. The van der Waals surface area contributed by atoms with E-state index in [9.17, 15) is 4.79 Å². The van der Waals surface area contributed by atoms with Gasteiger partial charge < -0.3 is 14.2 Å². The molecule has 0 aromatic carbocycles. The zero-order chi connectivity index (χ0) is 32.7. The Bertz CT molecular complexity index is 552. The van der Waals surface area contributed by atoms with E-state index in [1.54, 1.807) is 0 Å². The van der Waals surface area contributed by atoms with Crippen molar-refractivity contribution < 1.29 is 19.0 Å². The van der Waals surface area contributed by atoms with Gasteiger partial charge in [-0.2, -0.15) is 0 Å². The summed E-state index contributed by atoms with van der Waals surface area (Å²) in [6.45, 7) is 8.37. The van der Waals surface area contributed by atoms with Crippen LogP contribution in [0.25, 0.3) is 0 Å². The van der Waals surface area contributed by atoms with E-state index in [1.165, 1.54) is 200 Å². The summed E-state index contributed by atoms with van der Waals surface area (Å²) in [6, 6.07) is 0. The Morgan fingerprint density at radius 2 is 0.689 bits per heavy atom. The third kappa shape index (κ3) is 39.5. The van der Waals surface area contributed by atoms with Crippen molar-refractivity contribution in [3.63, 3.8) is 0 Å². The summed E-state index contributed by atoms with van der Waals surface area (Å²) in [5.74, 6) is -0.246. The van der Waals surface area contributed by atoms with Crippen LogP contribution in [0.5, 0.6) is 0 Å². The first kappa shape index (κ1) is 44.4. The fourth-order valence-corrected chi connectivity index (χ4v) is 6.22. The number of unbranched alkanes of at least 4 members (excludes halogenated alkanes) is 30. The predicted octanol–water partition coefficient (Wildman–Crippen LogP) is 13.5. The van der Waals surface area contributed by atoms with Crippen molar-refractivity contribution in [3.05, 3.63) is 0 Å². The second-order valence-electron chi connectivity index (χ2n) is 14.0. The first-order valence-electron chi connectivity index (χ1n) is 20.5. The molecule has 4 heteroatoms. The second kappa shape index (κ2) is 39.6. The van der Waals surface area contributed by atoms with Crippen molar-refractivity contribution >= 4 is 5.97 Å². The second-order valence-corrected chi connectivity index (χ2v) is 14.0. The van der Waals surface area contributed by atoms with Crippen LogP contribution < -0.4 is 0 Å². The molecular formula is C41H82O4. The Morgan fingerprint density at radius 1 is 0.400 bits per heavy atom. The molecule has 0 bridgehead atoms. The first-order chi connectivity index (χ1) is 22.2. The molecule has 0 saturated heterocycles. The van der Waals surface area contributed by atoms with Gasteiger partial charge in [-0.05, 0) is 12.8 Å². The molecule has 0 aliphatic heterocycles. The van der Waals surface area contributed by atoms with Crippen LogP contribution in [0.3, 0.4) is 0 Å². The zero-order valence-corrected chi connectivity index (χ0v) is 31.2. The van der Waals surface area contributed by atoms with E-state index >= 15 is 0 Å². The number of esters is 1. The Hall–Kier alpha value is -0.610. The highest BCUT2D eigenvalue weighted by molar-refractivity contribution is 5.65. The number of carbonyl (C=O) groups excluding carboxylic acids is 1. The van der Waals surface area contributed by atoms with Gasteiger partial charge in [0.1, 0.15) is 12.7 Å². The third-order valence-corrected chi connectivity index (χ3v) is 9.27. The highest BCUT2D eigenvalue weighted by Crippen LogP contribution is 2.15. The number of carbonyl (C=O) groups is 1. The first-order valence-corrected chi connectivity index (χ1v) is 20.5. The minimum Gasteiger partial charge on any atom is -0.463 e. The van der Waals surface area contributed by atoms with Gasteiger partial charge in [-0.25, -0.2) is 0 Å². The van der Waals surface area contributed by atoms with Gasteiger partial charge in [0.05, 0.1) is 6.61 Å². The molecule has 270 valence electrons. The molecule has 0 fully saturated rings. The van der Waals surface area contributed by atoms with Crippen molar-refractivity contribution in [1.29, 1.82) is 0 Å². The number of hydrogen-bond acceptors (Lipinski definition) is 4. The Labute approximate surface area is 283 Å². The number of ether oxygens (including phenoxy) is 3. The highest BCUT2D eigenvalue weighted by atomic mass is 16.6. The average Bonchev–Trinajstić information content (AvgIpc) is 3.04. The maximum Gasteiger partial charge on any atom is 0.302 e. The van der Waals surface area contributed by atoms with Gasteiger partial charge in [0, 0.05) is 20.1 Å². The van der Waals surface area contributed by atoms with Crippen molar-refractivity contribution in [2.45, 2.75) is 232 Å². The van der Waals surface area contributed by atoms with Crippen LogP contribution in [0.15, 0.2) is 0 Å². The number of rotatable bonds is 39. The van der Waals surface area contributed by atoms with E-state index in [-0.39, 0.29) is 12.1 Å². The highest BCUT2D eigenvalue weighted by Gasteiger charge is 2.11. The third-order valence-electron chi connectivity index (χ3n) is 9.27. The van der Waals surface area contributed by atoms with Crippen LogP contribution in [-0.2, 0) is 19.0 Å². The molecule has 0 aliphatic rings. The molecule has 0 aliphatic carbocycles.